The molecule has 6 nitrogen and oxygen atoms in total. The predicted molar refractivity (Wildman–Crippen MR) is 92.5 cm³/mol. The van der Waals surface area contributed by atoms with E-state index >= 15 is 0 Å². The summed E-state index contributed by atoms with van der Waals surface area (Å²) in [5.41, 5.74) is 0. The van der Waals surface area contributed by atoms with Crippen molar-refractivity contribution in [2.45, 2.75) is 12.5 Å². The third kappa shape index (κ3) is 4.56. The van der Waals surface area contributed by atoms with Crippen molar-refractivity contribution in [2.24, 2.45) is 0 Å². The maximum absolute atomic E-state index is 12.0. The van der Waals surface area contributed by atoms with Gasteiger partial charge in [0.25, 0.3) is 0 Å². The van der Waals surface area contributed by atoms with E-state index in [2.05, 4.69) is 5.32 Å². The van der Waals surface area contributed by atoms with Crippen molar-refractivity contribution < 1.29 is 23.7 Å². The summed E-state index contributed by atoms with van der Waals surface area (Å²) >= 11 is 0. The largest absolute Gasteiger partial charge is 0.493 e. The summed E-state index contributed by atoms with van der Waals surface area (Å²) in [6.45, 7) is 1.08. The molecule has 0 aliphatic carbocycles. The van der Waals surface area contributed by atoms with E-state index in [-0.39, 0.29) is 25.0 Å². The van der Waals surface area contributed by atoms with Crippen molar-refractivity contribution in [1.82, 2.24) is 5.32 Å². The number of fused-ring (bicyclic) bond motifs is 1. The molecule has 0 saturated heterocycles. The van der Waals surface area contributed by atoms with Gasteiger partial charge in [-0.2, -0.15) is 0 Å². The van der Waals surface area contributed by atoms with Crippen LogP contribution in [-0.4, -0.2) is 38.9 Å². The number of hydrogen-bond donors (Lipinski definition) is 1. The Morgan fingerprint density at radius 1 is 1.12 bits per heavy atom. The number of ether oxygens (including phenoxy) is 4. The molecule has 1 atom stereocenters. The molecule has 0 spiro atoms. The molecule has 0 fully saturated rings. The fraction of sp³-hybridized carbons (Fsp3) is 0.316. The van der Waals surface area contributed by atoms with E-state index in [1.54, 1.807) is 13.2 Å². The molecule has 0 aromatic heterocycles. The Kier molecular flexibility index (Phi) is 5.61. The minimum Gasteiger partial charge on any atom is -0.493 e. The summed E-state index contributed by atoms with van der Waals surface area (Å²) in [5, 5.41) is 2.84. The second-order valence-corrected chi connectivity index (χ2v) is 5.55. The molecule has 2 aromatic carbocycles. The summed E-state index contributed by atoms with van der Waals surface area (Å²) in [7, 11) is 1.58. The van der Waals surface area contributed by atoms with Gasteiger partial charge in [0.2, 0.25) is 5.91 Å². The molecule has 2 aromatic rings. The van der Waals surface area contributed by atoms with Crippen molar-refractivity contribution in [3.8, 4) is 23.0 Å². The van der Waals surface area contributed by atoms with Gasteiger partial charge in [0, 0.05) is 0 Å². The quantitative estimate of drug-likeness (QED) is 0.836. The number of nitrogens with one attached hydrogen (secondary N) is 1. The lowest BCUT2D eigenvalue weighted by molar-refractivity contribution is -0.122. The Morgan fingerprint density at radius 3 is 2.64 bits per heavy atom. The zero-order valence-corrected chi connectivity index (χ0v) is 14.1. The SMILES string of the molecule is COc1ccccc1OCCC(=O)NCC1COc2ccccc2O1. The van der Waals surface area contributed by atoms with Crippen LogP contribution in [0.4, 0.5) is 0 Å². The molecule has 0 saturated carbocycles. The van der Waals surface area contributed by atoms with Gasteiger partial charge in [-0.15, -0.1) is 0 Å². The molecule has 1 unspecified atom stereocenters. The minimum atomic E-state index is -0.200. The van der Waals surface area contributed by atoms with Crippen LogP contribution >= 0.6 is 0 Å². The van der Waals surface area contributed by atoms with E-state index in [4.69, 9.17) is 18.9 Å². The van der Waals surface area contributed by atoms with Gasteiger partial charge >= 0.3 is 0 Å². The van der Waals surface area contributed by atoms with Crippen molar-refractivity contribution in [3.05, 3.63) is 48.5 Å². The molecular weight excluding hydrogens is 322 g/mol. The van der Waals surface area contributed by atoms with Crippen LogP contribution in [0.25, 0.3) is 0 Å². The Balaban J connectivity index is 1.39. The Bertz CT molecular complexity index is 718. The van der Waals surface area contributed by atoms with Crippen LogP contribution in [0.3, 0.4) is 0 Å². The van der Waals surface area contributed by atoms with E-state index < -0.39 is 0 Å². The minimum absolute atomic E-state index is 0.0997. The van der Waals surface area contributed by atoms with Crippen molar-refractivity contribution in [1.29, 1.82) is 0 Å². The third-order valence-corrected chi connectivity index (χ3v) is 3.75. The number of para-hydroxylation sites is 4. The zero-order chi connectivity index (χ0) is 17.5. The summed E-state index contributed by atoms with van der Waals surface area (Å²) in [6, 6.07) is 14.8. The number of methoxy groups -OCH3 is 1. The molecule has 1 amide bonds. The highest BCUT2D eigenvalue weighted by Gasteiger charge is 2.20. The van der Waals surface area contributed by atoms with Crippen LogP contribution in [0.1, 0.15) is 6.42 Å². The van der Waals surface area contributed by atoms with Crippen LogP contribution in [0.5, 0.6) is 23.0 Å². The first-order valence-electron chi connectivity index (χ1n) is 8.17. The Morgan fingerprint density at radius 2 is 1.84 bits per heavy atom. The molecule has 1 aliphatic heterocycles. The maximum atomic E-state index is 12.0. The predicted octanol–water partition coefficient (Wildman–Crippen LogP) is 2.42. The molecule has 3 rings (SSSR count). The van der Waals surface area contributed by atoms with E-state index in [9.17, 15) is 4.79 Å². The molecule has 0 radical (unpaired) electrons. The van der Waals surface area contributed by atoms with Gasteiger partial charge in [-0.3, -0.25) is 4.79 Å². The maximum Gasteiger partial charge on any atom is 0.223 e. The Hall–Kier alpha value is -2.89. The molecule has 0 bridgehead atoms. The van der Waals surface area contributed by atoms with Gasteiger partial charge < -0.3 is 24.3 Å². The number of hydrogen-bond acceptors (Lipinski definition) is 5. The monoisotopic (exact) mass is 343 g/mol. The van der Waals surface area contributed by atoms with Gasteiger partial charge in [-0.1, -0.05) is 24.3 Å². The first kappa shape index (κ1) is 17.0. The van der Waals surface area contributed by atoms with Gasteiger partial charge in [0.15, 0.2) is 23.0 Å². The normalized spacial score (nSPS) is 15.3. The second kappa shape index (κ2) is 8.28. The lowest BCUT2D eigenvalue weighted by atomic mass is 10.2. The van der Waals surface area contributed by atoms with Crippen molar-refractivity contribution in [2.75, 3.05) is 26.9 Å². The summed E-state index contributed by atoms with van der Waals surface area (Å²) in [5.74, 6) is 2.60. The number of rotatable bonds is 7. The lowest BCUT2D eigenvalue weighted by Crippen LogP contribution is -2.41. The number of amides is 1. The van der Waals surface area contributed by atoms with E-state index in [0.29, 0.717) is 30.4 Å². The average molecular weight is 343 g/mol. The molecule has 25 heavy (non-hydrogen) atoms. The molecule has 132 valence electrons. The van der Waals surface area contributed by atoms with Crippen molar-refractivity contribution >= 4 is 5.91 Å². The van der Waals surface area contributed by atoms with Crippen LogP contribution in [0.15, 0.2) is 48.5 Å². The highest BCUT2D eigenvalue weighted by Crippen LogP contribution is 2.30. The summed E-state index contributed by atoms with van der Waals surface area (Å²) in [4.78, 5) is 12.0. The highest BCUT2D eigenvalue weighted by atomic mass is 16.6. The van der Waals surface area contributed by atoms with Gasteiger partial charge in [-0.05, 0) is 24.3 Å². The molecule has 1 N–H and O–H groups in total. The van der Waals surface area contributed by atoms with Crippen LogP contribution in [-0.2, 0) is 4.79 Å². The second-order valence-electron chi connectivity index (χ2n) is 5.55. The topological polar surface area (TPSA) is 66.0 Å². The summed E-state index contributed by atoms with van der Waals surface area (Å²) < 4.78 is 22.2. The average Bonchev–Trinajstić information content (AvgIpc) is 2.66. The van der Waals surface area contributed by atoms with Crippen LogP contribution < -0.4 is 24.3 Å². The van der Waals surface area contributed by atoms with Crippen LogP contribution in [0.2, 0.25) is 0 Å². The molecule has 6 heteroatoms. The highest BCUT2D eigenvalue weighted by molar-refractivity contribution is 5.76. The van der Waals surface area contributed by atoms with Gasteiger partial charge in [-0.25, -0.2) is 0 Å². The number of benzene rings is 2. The zero-order valence-electron chi connectivity index (χ0n) is 14.1. The van der Waals surface area contributed by atoms with E-state index in [1.165, 1.54) is 0 Å². The van der Waals surface area contributed by atoms with Gasteiger partial charge in [0.05, 0.1) is 26.7 Å². The first-order valence-corrected chi connectivity index (χ1v) is 8.17. The number of carbonyl (C=O) groups is 1. The smallest absolute Gasteiger partial charge is 0.223 e. The molecular formula is C19H21NO5. The van der Waals surface area contributed by atoms with E-state index in [0.717, 1.165) is 5.75 Å². The molecule has 1 aliphatic rings. The lowest BCUT2D eigenvalue weighted by Gasteiger charge is -2.26. The number of carbonyl (C=O) groups excluding carboxylic acids is 1. The van der Waals surface area contributed by atoms with Gasteiger partial charge in [0.1, 0.15) is 12.7 Å². The Labute approximate surface area is 146 Å². The fourth-order valence-electron chi connectivity index (χ4n) is 2.47. The summed E-state index contributed by atoms with van der Waals surface area (Å²) in [6.07, 6.45) is 0.0522. The standard InChI is InChI=1S/C19H21NO5/c1-22-15-6-2-3-7-16(15)23-11-10-19(21)20-12-14-13-24-17-8-4-5-9-18(17)25-14/h2-9,14H,10-13H2,1H3,(H,20,21). The third-order valence-electron chi connectivity index (χ3n) is 3.75. The fourth-order valence-corrected chi connectivity index (χ4v) is 2.47. The molecule has 1 heterocycles. The van der Waals surface area contributed by atoms with E-state index in [1.807, 2.05) is 42.5 Å². The van der Waals surface area contributed by atoms with Crippen LogP contribution in [0, 0.1) is 0 Å². The van der Waals surface area contributed by atoms with Crippen molar-refractivity contribution in [3.63, 3.8) is 0 Å². The first-order chi connectivity index (χ1) is 12.3.